The Bertz CT molecular complexity index is 1180. The summed E-state index contributed by atoms with van der Waals surface area (Å²) in [6, 6.07) is 8.98. The summed E-state index contributed by atoms with van der Waals surface area (Å²) in [4.78, 5) is 37.7. The highest BCUT2D eigenvalue weighted by atomic mass is 32.1. The van der Waals surface area contributed by atoms with Gasteiger partial charge in [-0.1, -0.05) is 39.0 Å². The van der Waals surface area contributed by atoms with E-state index in [0.717, 1.165) is 40.0 Å². The fraction of sp³-hybridized carbons (Fsp3) is 0.462. The minimum atomic E-state index is -0.611. The van der Waals surface area contributed by atoms with Gasteiger partial charge in [0.25, 0.3) is 0 Å². The predicted molar refractivity (Wildman–Crippen MR) is 136 cm³/mol. The van der Waals surface area contributed by atoms with Crippen LogP contribution in [0.15, 0.2) is 41.9 Å². The molecule has 1 fully saturated rings. The molecule has 1 aromatic carbocycles. The molecule has 0 unspecified atom stereocenters. The van der Waals surface area contributed by atoms with Gasteiger partial charge in [-0.3, -0.25) is 14.6 Å². The van der Waals surface area contributed by atoms with Crippen LogP contribution in [-0.2, 0) is 9.59 Å². The van der Waals surface area contributed by atoms with Crippen molar-refractivity contribution in [2.45, 2.75) is 58.7 Å². The Morgan fingerprint density at radius 3 is 2.71 bits per heavy atom. The Hall–Kier alpha value is -2.84. The normalized spacial score (nSPS) is 18.1. The first-order valence-corrected chi connectivity index (χ1v) is 12.7. The zero-order valence-electron chi connectivity index (χ0n) is 20.5. The van der Waals surface area contributed by atoms with Crippen molar-refractivity contribution in [1.82, 2.24) is 25.5 Å². The van der Waals surface area contributed by atoms with Crippen molar-refractivity contribution in [2.24, 2.45) is 5.41 Å². The monoisotopic (exact) mass is 479 g/mol. The number of pyridine rings is 1. The number of nitrogens with zero attached hydrogens (tertiary/aromatic N) is 3. The molecule has 1 aliphatic rings. The van der Waals surface area contributed by atoms with E-state index in [1.807, 2.05) is 56.1 Å². The minimum Gasteiger partial charge on any atom is -0.342 e. The van der Waals surface area contributed by atoms with E-state index in [1.165, 1.54) is 0 Å². The second-order valence-corrected chi connectivity index (χ2v) is 10.8. The fourth-order valence-corrected chi connectivity index (χ4v) is 5.35. The number of likely N-dealkylation sites (tertiary alicyclic amines) is 1. The first-order valence-electron chi connectivity index (χ1n) is 11.8. The van der Waals surface area contributed by atoms with E-state index >= 15 is 0 Å². The molecule has 34 heavy (non-hydrogen) atoms. The molecule has 2 aromatic heterocycles. The first kappa shape index (κ1) is 24.3. The zero-order valence-corrected chi connectivity index (χ0v) is 21.3. The number of amides is 2. The van der Waals surface area contributed by atoms with Crippen LogP contribution in [0.4, 0.5) is 0 Å². The van der Waals surface area contributed by atoms with Gasteiger partial charge in [-0.2, -0.15) is 0 Å². The summed E-state index contributed by atoms with van der Waals surface area (Å²) in [6.07, 6.45) is 3.60. The van der Waals surface area contributed by atoms with Gasteiger partial charge in [0, 0.05) is 29.1 Å². The van der Waals surface area contributed by atoms with Gasteiger partial charge < -0.3 is 15.5 Å². The number of fused-ring (bicyclic) bond motifs is 1. The zero-order chi connectivity index (χ0) is 24.5. The van der Waals surface area contributed by atoms with Gasteiger partial charge >= 0.3 is 0 Å². The van der Waals surface area contributed by atoms with Crippen LogP contribution in [0, 0.1) is 5.41 Å². The molecule has 180 valence electrons. The first-order chi connectivity index (χ1) is 16.2. The molecule has 2 N–H and O–H groups in total. The highest BCUT2D eigenvalue weighted by Gasteiger charge is 2.41. The predicted octanol–water partition coefficient (Wildman–Crippen LogP) is 4.16. The maximum atomic E-state index is 13.7. The topological polar surface area (TPSA) is 87.2 Å². The molecule has 0 aliphatic carbocycles. The molecule has 0 bridgehead atoms. The van der Waals surface area contributed by atoms with Crippen LogP contribution in [0.3, 0.4) is 0 Å². The summed E-state index contributed by atoms with van der Waals surface area (Å²) in [6.45, 7) is 8.42. The summed E-state index contributed by atoms with van der Waals surface area (Å²) in [7, 11) is 1.74. The van der Waals surface area contributed by atoms with E-state index < -0.39 is 11.5 Å². The van der Waals surface area contributed by atoms with Crippen molar-refractivity contribution in [3.63, 3.8) is 0 Å². The lowest BCUT2D eigenvalue weighted by molar-refractivity contribution is -0.140. The molecule has 3 heterocycles. The number of hydrogen-bond acceptors (Lipinski definition) is 6. The van der Waals surface area contributed by atoms with Gasteiger partial charge in [-0.05, 0) is 44.4 Å². The summed E-state index contributed by atoms with van der Waals surface area (Å²) < 4.78 is 0. The standard InChI is InChI=1S/C26H33N5O2S/c1-16(27-5)23(32)30-22(26(2,3)4)25(33)31-14-8-11-21(31)24-29-20(15-34-24)18-12-13-28-19-10-7-6-9-17(18)19/h6-7,9-10,12-13,15-16,21-22,27H,8,11,14H2,1-5H3,(H,30,32)/t16-,21-,22+/m0/s1. The maximum absolute atomic E-state index is 13.7. The molecular weight excluding hydrogens is 446 g/mol. The van der Waals surface area contributed by atoms with Crippen LogP contribution >= 0.6 is 11.3 Å². The molecule has 3 atom stereocenters. The van der Waals surface area contributed by atoms with Crippen LogP contribution in [-0.4, -0.2) is 52.4 Å². The SMILES string of the molecule is CN[C@@H](C)C(=O)N[C@H](C(=O)N1CCC[C@H]1c1nc(-c2ccnc3ccccc23)cs1)C(C)(C)C. The van der Waals surface area contributed by atoms with Crippen LogP contribution in [0.5, 0.6) is 0 Å². The Balaban J connectivity index is 1.60. The molecule has 0 saturated carbocycles. The third kappa shape index (κ3) is 4.83. The smallest absolute Gasteiger partial charge is 0.246 e. The van der Waals surface area contributed by atoms with E-state index in [0.29, 0.717) is 6.54 Å². The second-order valence-electron chi connectivity index (χ2n) is 9.95. The summed E-state index contributed by atoms with van der Waals surface area (Å²) in [5, 5.41) is 10.0. The second kappa shape index (κ2) is 9.80. The molecule has 7 nitrogen and oxygen atoms in total. The number of nitrogens with one attached hydrogen (secondary N) is 2. The van der Waals surface area contributed by atoms with Crippen molar-refractivity contribution >= 4 is 34.1 Å². The van der Waals surface area contributed by atoms with Crippen molar-refractivity contribution in [2.75, 3.05) is 13.6 Å². The molecule has 8 heteroatoms. The molecule has 4 rings (SSSR count). The third-order valence-corrected chi connectivity index (χ3v) is 7.44. The molecule has 0 radical (unpaired) electrons. The molecule has 3 aromatic rings. The van der Waals surface area contributed by atoms with Gasteiger partial charge in [0.15, 0.2) is 0 Å². The largest absolute Gasteiger partial charge is 0.342 e. The van der Waals surface area contributed by atoms with Gasteiger partial charge in [0.2, 0.25) is 11.8 Å². The highest BCUT2D eigenvalue weighted by Crippen LogP contribution is 2.38. The quantitative estimate of drug-likeness (QED) is 0.554. The Morgan fingerprint density at radius 2 is 1.97 bits per heavy atom. The summed E-state index contributed by atoms with van der Waals surface area (Å²) >= 11 is 1.59. The lowest BCUT2D eigenvalue weighted by atomic mass is 9.85. The van der Waals surface area contributed by atoms with Crippen molar-refractivity contribution in [1.29, 1.82) is 0 Å². The van der Waals surface area contributed by atoms with Crippen LogP contribution < -0.4 is 10.6 Å². The number of hydrogen-bond donors (Lipinski definition) is 2. The van der Waals surface area contributed by atoms with Gasteiger partial charge in [-0.25, -0.2) is 4.98 Å². The Morgan fingerprint density at radius 1 is 1.21 bits per heavy atom. The van der Waals surface area contributed by atoms with Gasteiger partial charge in [-0.15, -0.1) is 11.3 Å². The van der Waals surface area contributed by atoms with Crippen molar-refractivity contribution in [3.8, 4) is 11.3 Å². The average Bonchev–Trinajstić information content (AvgIpc) is 3.50. The molecule has 1 aliphatic heterocycles. The third-order valence-electron chi connectivity index (χ3n) is 6.49. The van der Waals surface area contributed by atoms with E-state index in [2.05, 4.69) is 27.1 Å². The number of aromatic nitrogens is 2. The summed E-state index contributed by atoms with van der Waals surface area (Å²) in [5.41, 5.74) is 2.47. The number of thiazole rings is 1. The lowest BCUT2D eigenvalue weighted by Crippen LogP contribution is -2.57. The number of rotatable bonds is 6. The molecule has 0 spiro atoms. The van der Waals surface area contributed by atoms with Crippen molar-refractivity contribution in [3.05, 3.63) is 46.9 Å². The minimum absolute atomic E-state index is 0.0437. The number of para-hydroxylation sites is 1. The maximum Gasteiger partial charge on any atom is 0.246 e. The van der Waals surface area contributed by atoms with Crippen LogP contribution in [0.1, 0.15) is 51.6 Å². The van der Waals surface area contributed by atoms with Gasteiger partial charge in [0.05, 0.1) is 23.3 Å². The number of carbonyl (C=O) groups is 2. The van der Waals surface area contributed by atoms with E-state index in [9.17, 15) is 9.59 Å². The number of likely N-dealkylation sites (N-methyl/N-ethyl adjacent to an activating group) is 1. The van der Waals surface area contributed by atoms with Gasteiger partial charge in [0.1, 0.15) is 11.0 Å². The average molecular weight is 480 g/mol. The van der Waals surface area contributed by atoms with E-state index in [1.54, 1.807) is 25.3 Å². The molecular formula is C26H33N5O2S. The van der Waals surface area contributed by atoms with Crippen LogP contribution in [0.2, 0.25) is 0 Å². The molecule has 2 amide bonds. The van der Waals surface area contributed by atoms with E-state index in [-0.39, 0.29) is 23.9 Å². The van der Waals surface area contributed by atoms with Crippen LogP contribution in [0.25, 0.3) is 22.2 Å². The molecule has 1 saturated heterocycles. The van der Waals surface area contributed by atoms with Crippen molar-refractivity contribution < 1.29 is 9.59 Å². The summed E-state index contributed by atoms with van der Waals surface area (Å²) in [5.74, 6) is -0.217. The fourth-order valence-electron chi connectivity index (χ4n) is 4.38. The lowest BCUT2D eigenvalue weighted by Gasteiger charge is -2.35. The highest BCUT2D eigenvalue weighted by molar-refractivity contribution is 7.10. The number of benzene rings is 1. The Labute approximate surface area is 205 Å². The van der Waals surface area contributed by atoms with E-state index in [4.69, 9.17) is 4.98 Å². The Kier molecular flexibility index (Phi) is 7.00. The number of carbonyl (C=O) groups excluding carboxylic acids is 2.